The zero-order chi connectivity index (χ0) is 12.6. The van der Waals surface area contributed by atoms with Gasteiger partial charge in [0.05, 0.1) is 11.8 Å². The fraction of sp³-hybridized carbons (Fsp3) is 0.500. The van der Waals surface area contributed by atoms with E-state index >= 15 is 0 Å². The fourth-order valence-electron chi connectivity index (χ4n) is 2.36. The normalized spacial score (nSPS) is 25.3. The van der Waals surface area contributed by atoms with Crippen molar-refractivity contribution >= 4 is 11.9 Å². The van der Waals surface area contributed by atoms with E-state index < -0.39 is 23.2 Å². The van der Waals surface area contributed by atoms with Gasteiger partial charge in [-0.3, -0.25) is 9.59 Å². The van der Waals surface area contributed by atoms with E-state index in [9.17, 15) is 9.59 Å². The molecular weight excluding hydrogens is 220 g/mol. The predicted octanol–water partition coefficient (Wildman–Crippen LogP) is 0.988. The minimum absolute atomic E-state index is 0.177. The third-order valence-corrected chi connectivity index (χ3v) is 3.50. The average Bonchev–Trinajstić information content (AvgIpc) is 2.65. The van der Waals surface area contributed by atoms with Crippen molar-refractivity contribution in [3.8, 4) is 0 Å². The van der Waals surface area contributed by atoms with Crippen LogP contribution in [-0.2, 0) is 16.1 Å². The third-order valence-electron chi connectivity index (χ3n) is 3.50. The first-order valence-corrected chi connectivity index (χ1v) is 5.57. The molecule has 0 unspecified atom stereocenters. The molecule has 1 aromatic rings. The lowest BCUT2D eigenvalue weighted by atomic mass is 10.1. The summed E-state index contributed by atoms with van der Waals surface area (Å²) in [5, 5.41) is 11.7. The number of hydrogen-bond donors (Lipinski definition) is 3. The predicted molar refractivity (Wildman–Crippen MR) is 61.0 cm³/mol. The second-order valence-corrected chi connectivity index (χ2v) is 5.05. The van der Waals surface area contributed by atoms with Crippen LogP contribution in [0.15, 0.2) is 18.5 Å². The number of aromatic nitrogens is 1. The molecule has 3 N–H and O–H groups in total. The van der Waals surface area contributed by atoms with Gasteiger partial charge in [-0.15, -0.1) is 0 Å². The van der Waals surface area contributed by atoms with Gasteiger partial charge < -0.3 is 15.4 Å². The van der Waals surface area contributed by atoms with E-state index in [1.807, 2.05) is 19.9 Å². The van der Waals surface area contributed by atoms with Gasteiger partial charge in [-0.25, -0.2) is 0 Å². The summed E-state index contributed by atoms with van der Waals surface area (Å²) in [5.41, 5.74) is 0.539. The molecule has 0 aliphatic heterocycles. The van der Waals surface area contributed by atoms with Crippen molar-refractivity contribution in [3.05, 3.63) is 24.0 Å². The van der Waals surface area contributed by atoms with Crippen molar-refractivity contribution < 1.29 is 14.7 Å². The topological polar surface area (TPSA) is 82.2 Å². The minimum atomic E-state index is -0.892. The Hall–Kier alpha value is -1.78. The van der Waals surface area contributed by atoms with Crippen LogP contribution in [0.25, 0.3) is 0 Å². The number of amides is 1. The molecule has 2 atom stereocenters. The smallest absolute Gasteiger partial charge is 0.307 e. The maximum absolute atomic E-state index is 11.8. The number of aliphatic carboxylic acids is 1. The maximum atomic E-state index is 11.8. The monoisotopic (exact) mass is 236 g/mol. The quantitative estimate of drug-likeness (QED) is 0.729. The number of carbonyl (C=O) groups excluding carboxylic acids is 1. The molecule has 5 nitrogen and oxygen atoms in total. The van der Waals surface area contributed by atoms with Gasteiger partial charge in [-0.05, 0) is 17.0 Å². The Labute approximate surface area is 99.2 Å². The second-order valence-electron chi connectivity index (χ2n) is 5.05. The molecule has 0 saturated heterocycles. The van der Waals surface area contributed by atoms with Crippen LogP contribution in [0.1, 0.15) is 19.4 Å². The highest BCUT2D eigenvalue weighted by Gasteiger charge is 2.65. The molecule has 1 amide bonds. The summed E-state index contributed by atoms with van der Waals surface area (Å²) < 4.78 is 0. The lowest BCUT2D eigenvalue weighted by Gasteiger charge is -2.04. The van der Waals surface area contributed by atoms with Gasteiger partial charge in [0.25, 0.3) is 0 Å². The zero-order valence-corrected chi connectivity index (χ0v) is 9.86. The van der Waals surface area contributed by atoms with Crippen molar-refractivity contribution in [1.29, 1.82) is 0 Å². The van der Waals surface area contributed by atoms with Crippen molar-refractivity contribution in [2.75, 3.05) is 0 Å². The van der Waals surface area contributed by atoms with Crippen LogP contribution >= 0.6 is 0 Å². The average molecular weight is 236 g/mol. The number of nitrogens with one attached hydrogen (secondary N) is 2. The van der Waals surface area contributed by atoms with Crippen LogP contribution in [0.2, 0.25) is 0 Å². The van der Waals surface area contributed by atoms with E-state index in [0.717, 1.165) is 5.56 Å². The Morgan fingerprint density at radius 3 is 2.65 bits per heavy atom. The highest BCUT2D eigenvalue weighted by Crippen LogP contribution is 2.58. The number of hydrogen-bond acceptors (Lipinski definition) is 2. The highest BCUT2D eigenvalue weighted by atomic mass is 16.4. The highest BCUT2D eigenvalue weighted by molar-refractivity contribution is 5.91. The Balaban J connectivity index is 1.92. The van der Waals surface area contributed by atoms with E-state index in [4.69, 9.17) is 5.11 Å². The van der Waals surface area contributed by atoms with Gasteiger partial charge in [0.15, 0.2) is 0 Å². The number of H-pyrrole nitrogens is 1. The number of carbonyl (C=O) groups is 2. The Morgan fingerprint density at radius 2 is 2.18 bits per heavy atom. The van der Waals surface area contributed by atoms with Gasteiger partial charge >= 0.3 is 5.97 Å². The lowest BCUT2D eigenvalue weighted by Crippen LogP contribution is -2.26. The van der Waals surface area contributed by atoms with Crippen molar-refractivity contribution in [2.24, 2.45) is 17.3 Å². The van der Waals surface area contributed by atoms with Crippen molar-refractivity contribution in [1.82, 2.24) is 10.3 Å². The van der Waals surface area contributed by atoms with Gasteiger partial charge in [0.1, 0.15) is 0 Å². The number of aromatic amines is 1. The molecule has 1 aromatic heterocycles. The van der Waals surface area contributed by atoms with Gasteiger partial charge in [-0.2, -0.15) is 0 Å². The number of carboxylic acid groups (broad SMARTS) is 1. The summed E-state index contributed by atoms with van der Waals surface area (Å²) in [6.07, 6.45) is 3.58. The first kappa shape index (κ1) is 11.7. The van der Waals surface area contributed by atoms with Crippen molar-refractivity contribution in [2.45, 2.75) is 20.4 Å². The first-order valence-electron chi connectivity index (χ1n) is 5.57. The summed E-state index contributed by atoms with van der Waals surface area (Å²) in [5.74, 6) is -2.05. The standard InChI is InChI=1S/C12H16N2O3/c1-12(2)8(9(12)11(16)17)10(15)14-6-7-3-4-13-5-7/h3-5,8-9,13H,6H2,1-2H3,(H,14,15)(H,16,17)/t8-,9+/m1/s1. The summed E-state index contributed by atoms with van der Waals surface area (Å²) in [7, 11) is 0. The summed E-state index contributed by atoms with van der Waals surface area (Å²) in [4.78, 5) is 25.7. The summed E-state index contributed by atoms with van der Waals surface area (Å²) >= 11 is 0. The van der Waals surface area contributed by atoms with E-state index in [1.165, 1.54) is 0 Å². The molecular formula is C12H16N2O3. The van der Waals surface area contributed by atoms with E-state index in [1.54, 1.807) is 12.4 Å². The molecule has 2 rings (SSSR count). The SMILES string of the molecule is CC1(C)[C@H](C(=O)O)[C@@H]1C(=O)NCc1cc[nH]c1. The van der Waals surface area contributed by atoms with E-state index in [2.05, 4.69) is 10.3 Å². The Bertz CT molecular complexity index is 437. The van der Waals surface area contributed by atoms with Crippen LogP contribution in [0.3, 0.4) is 0 Å². The fourth-order valence-corrected chi connectivity index (χ4v) is 2.36. The van der Waals surface area contributed by atoms with Crippen LogP contribution < -0.4 is 5.32 Å². The number of carboxylic acids is 1. The molecule has 0 spiro atoms. The Morgan fingerprint density at radius 1 is 1.47 bits per heavy atom. The molecule has 0 aromatic carbocycles. The van der Waals surface area contributed by atoms with Crippen LogP contribution in [0.5, 0.6) is 0 Å². The molecule has 17 heavy (non-hydrogen) atoms. The third kappa shape index (κ3) is 2.05. The van der Waals surface area contributed by atoms with Crippen molar-refractivity contribution in [3.63, 3.8) is 0 Å². The molecule has 1 aliphatic rings. The molecule has 0 bridgehead atoms. The minimum Gasteiger partial charge on any atom is -0.481 e. The Kier molecular flexibility index (Phi) is 2.69. The molecule has 1 saturated carbocycles. The largest absolute Gasteiger partial charge is 0.481 e. The second kappa shape index (κ2) is 3.91. The number of rotatable bonds is 4. The van der Waals surface area contributed by atoms with Crippen LogP contribution in [0.4, 0.5) is 0 Å². The van der Waals surface area contributed by atoms with E-state index in [-0.39, 0.29) is 5.91 Å². The molecule has 0 radical (unpaired) electrons. The zero-order valence-electron chi connectivity index (χ0n) is 9.86. The molecule has 5 heteroatoms. The molecule has 1 aliphatic carbocycles. The lowest BCUT2D eigenvalue weighted by molar-refractivity contribution is -0.140. The van der Waals surface area contributed by atoms with Crippen LogP contribution in [-0.4, -0.2) is 22.0 Å². The van der Waals surface area contributed by atoms with Gasteiger partial charge in [-0.1, -0.05) is 13.8 Å². The summed E-state index contributed by atoms with van der Waals surface area (Å²) in [6.45, 7) is 4.06. The van der Waals surface area contributed by atoms with Gasteiger partial charge in [0, 0.05) is 18.9 Å². The van der Waals surface area contributed by atoms with Gasteiger partial charge in [0.2, 0.25) is 5.91 Å². The van der Waals surface area contributed by atoms with Crippen LogP contribution in [0, 0.1) is 17.3 Å². The first-order chi connectivity index (χ1) is 7.94. The summed E-state index contributed by atoms with van der Waals surface area (Å²) in [6, 6.07) is 1.87. The maximum Gasteiger partial charge on any atom is 0.307 e. The molecule has 92 valence electrons. The molecule has 1 heterocycles. The molecule has 1 fully saturated rings. The van der Waals surface area contributed by atoms with E-state index in [0.29, 0.717) is 6.54 Å².